The van der Waals surface area contributed by atoms with Crippen molar-refractivity contribution in [2.75, 3.05) is 5.32 Å². The lowest BCUT2D eigenvalue weighted by molar-refractivity contribution is -0.387. The van der Waals surface area contributed by atoms with Crippen LogP contribution in [-0.4, -0.2) is 26.6 Å². The maximum absolute atomic E-state index is 12.0. The average molecular weight is 550 g/mol. The summed E-state index contributed by atoms with van der Waals surface area (Å²) >= 11 is 21.2. The molecular formula is C25H19Cl3N2O4S. The van der Waals surface area contributed by atoms with Crippen molar-refractivity contribution in [3.05, 3.63) is 97.5 Å². The average Bonchev–Trinajstić information content (AvgIpc) is 3.14. The number of halogens is 3. The number of hydrogen-bond donors (Lipinski definition) is 2. The molecule has 5 rings (SSSR count). The summed E-state index contributed by atoms with van der Waals surface area (Å²) in [5, 5.41) is 25.3. The maximum Gasteiger partial charge on any atom is 0.337 e. The van der Waals surface area contributed by atoms with E-state index in [1.54, 1.807) is 42.5 Å². The second kappa shape index (κ2) is 9.54. The van der Waals surface area contributed by atoms with E-state index in [0.29, 0.717) is 27.0 Å². The zero-order valence-corrected chi connectivity index (χ0v) is 21.1. The predicted octanol–water partition coefficient (Wildman–Crippen LogP) is 7.64. The second-order valence-corrected chi connectivity index (χ2v) is 11.2. The Morgan fingerprint density at radius 1 is 1.09 bits per heavy atom. The third-order valence-electron chi connectivity index (χ3n) is 6.72. The number of alkyl halides is 1. The van der Waals surface area contributed by atoms with Crippen molar-refractivity contribution in [3.8, 4) is 0 Å². The molecule has 5 unspecified atom stereocenters. The second-order valence-electron chi connectivity index (χ2n) is 8.61. The molecule has 0 spiro atoms. The zero-order valence-electron chi connectivity index (χ0n) is 18.0. The summed E-state index contributed by atoms with van der Waals surface area (Å²) < 4.78 is 0. The highest BCUT2D eigenvalue weighted by Crippen LogP contribution is 2.59. The number of nitrogens with zero attached hydrogens (tertiary/aromatic N) is 1. The molecule has 1 heterocycles. The van der Waals surface area contributed by atoms with Gasteiger partial charge in [-0.2, -0.15) is 0 Å². The summed E-state index contributed by atoms with van der Waals surface area (Å²) in [6.45, 7) is 0. The van der Waals surface area contributed by atoms with Gasteiger partial charge >= 0.3 is 5.97 Å². The fraction of sp³-hybridized carbons (Fsp3) is 0.240. The van der Waals surface area contributed by atoms with E-state index in [1.807, 2.05) is 12.1 Å². The van der Waals surface area contributed by atoms with Crippen molar-refractivity contribution in [2.24, 2.45) is 5.92 Å². The van der Waals surface area contributed by atoms with E-state index in [1.165, 1.54) is 17.8 Å². The van der Waals surface area contributed by atoms with E-state index >= 15 is 0 Å². The minimum atomic E-state index is -1.04. The quantitative estimate of drug-likeness (QED) is 0.193. The van der Waals surface area contributed by atoms with Crippen molar-refractivity contribution in [3.63, 3.8) is 0 Å². The number of nitro groups is 1. The van der Waals surface area contributed by atoms with Gasteiger partial charge in [-0.25, -0.2) is 4.79 Å². The van der Waals surface area contributed by atoms with Crippen LogP contribution in [-0.2, 0) is 0 Å². The van der Waals surface area contributed by atoms with E-state index in [0.717, 1.165) is 11.1 Å². The lowest BCUT2D eigenvalue weighted by Crippen LogP contribution is -2.32. The van der Waals surface area contributed by atoms with Gasteiger partial charge in [0.15, 0.2) is 0 Å². The van der Waals surface area contributed by atoms with Crippen LogP contribution < -0.4 is 5.32 Å². The summed E-state index contributed by atoms with van der Waals surface area (Å²) in [6.07, 6.45) is 0.656. The van der Waals surface area contributed by atoms with Crippen LogP contribution in [0.5, 0.6) is 0 Å². The number of benzene rings is 3. The maximum atomic E-state index is 12.0. The van der Waals surface area contributed by atoms with E-state index in [9.17, 15) is 20.0 Å². The fourth-order valence-corrected chi connectivity index (χ4v) is 7.72. The van der Waals surface area contributed by atoms with Gasteiger partial charge in [0.1, 0.15) is 0 Å². The number of fused-ring (bicyclic) bond motifs is 3. The van der Waals surface area contributed by atoms with Gasteiger partial charge in [0.05, 0.1) is 32.5 Å². The normalized spacial score (nSPS) is 24.8. The summed E-state index contributed by atoms with van der Waals surface area (Å²) in [5.74, 6) is -1.24. The first-order chi connectivity index (χ1) is 16.8. The predicted molar refractivity (Wildman–Crippen MR) is 139 cm³/mol. The number of para-hydroxylation sites is 2. The molecule has 1 saturated carbocycles. The Hall–Kier alpha value is -2.45. The molecule has 6 nitrogen and oxygen atoms in total. The van der Waals surface area contributed by atoms with Crippen LogP contribution in [0.3, 0.4) is 0 Å². The SMILES string of the molecule is O=C(O)c1cccc2c1NC(c1ccc(Cl)cc1Cl)C1CC(Sc3ccccc3[N+](=O)[O-])C(Cl)C21. The molecule has 0 bridgehead atoms. The molecule has 0 aromatic heterocycles. The summed E-state index contributed by atoms with van der Waals surface area (Å²) in [5.41, 5.74) is 2.37. The van der Waals surface area contributed by atoms with Gasteiger partial charge in [-0.3, -0.25) is 10.1 Å². The molecule has 10 heteroatoms. The van der Waals surface area contributed by atoms with Crippen LogP contribution in [0.25, 0.3) is 0 Å². The first-order valence-corrected chi connectivity index (χ1v) is 12.9. The first kappa shape index (κ1) is 24.3. The number of aromatic carboxylic acids is 1. The van der Waals surface area contributed by atoms with Gasteiger partial charge in [0.2, 0.25) is 0 Å². The summed E-state index contributed by atoms with van der Waals surface area (Å²) in [4.78, 5) is 23.8. The third kappa shape index (κ3) is 4.35. The van der Waals surface area contributed by atoms with Gasteiger partial charge in [-0.15, -0.1) is 23.4 Å². The number of hydrogen-bond acceptors (Lipinski definition) is 5. The van der Waals surface area contributed by atoms with Gasteiger partial charge in [-0.05, 0) is 47.7 Å². The number of carboxylic acid groups (broad SMARTS) is 1. The summed E-state index contributed by atoms with van der Waals surface area (Å²) in [7, 11) is 0. The van der Waals surface area contributed by atoms with Gasteiger partial charge < -0.3 is 10.4 Å². The Morgan fingerprint density at radius 3 is 2.57 bits per heavy atom. The monoisotopic (exact) mass is 548 g/mol. The van der Waals surface area contributed by atoms with Crippen molar-refractivity contribution in [2.45, 2.75) is 33.9 Å². The smallest absolute Gasteiger partial charge is 0.337 e. The minimum Gasteiger partial charge on any atom is -0.478 e. The lowest BCUT2D eigenvalue weighted by Gasteiger charge is -2.39. The van der Waals surface area contributed by atoms with Gasteiger partial charge in [-0.1, -0.05) is 53.5 Å². The van der Waals surface area contributed by atoms with Crippen molar-refractivity contribution in [1.82, 2.24) is 0 Å². The number of nitrogens with one attached hydrogen (secondary N) is 1. The van der Waals surface area contributed by atoms with Crippen molar-refractivity contribution < 1.29 is 14.8 Å². The molecule has 5 atom stereocenters. The Bertz CT molecular complexity index is 1340. The molecule has 1 fully saturated rings. The molecule has 3 aromatic rings. The largest absolute Gasteiger partial charge is 0.478 e. The van der Waals surface area contributed by atoms with Crippen molar-refractivity contribution >= 4 is 63.9 Å². The topological polar surface area (TPSA) is 92.5 Å². The van der Waals surface area contributed by atoms with Gasteiger partial charge in [0, 0.05) is 27.3 Å². The molecule has 180 valence electrons. The fourth-order valence-electron chi connectivity index (χ4n) is 5.25. The van der Waals surface area contributed by atoms with Crippen molar-refractivity contribution in [1.29, 1.82) is 0 Å². The number of nitro benzene ring substituents is 1. The Morgan fingerprint density at radius 2 is 1.86 bits per heavy atom. The molecule has 0 saturated heterocycles. The lowest BCUT2D eigenvalue weighted by atomic mass is 9.76. The standard InChI is InChI=1S/C25H19Cl3N2O4S/c26-12-8-9-13(17(27)10-12)23-16-11-20(35-19-7-2-1-6-18(19)30(33)34)22(28)21(16)14-4-3-5-15(25(31)32)24(14)29-23/h1-10,16,20-23,29H,11H2,(H,31,32). The highest BCUT2D eigenvalue weighted by molar-refractivity contribution is 8.00. The van der Waals surface area contributed by atoms with E-state index in [-0.39, 0.29) is 44.7 Å². The van der Waals surface area contributed by atoms with E-state index in [4.69, 9.17) is 34.8 Å². The Labute approximate surface area is 220 Å². The third-order valence-corrected chi connectivity index (χ3v) is 9.39. The highest BCUT2D eigenvalue weighted by atomic mass is 35.5. The Kier molecular flexibility index (Phi) is 6.61. The number of carboxylic acids is 1. The molecular weight excluding hydrogens is 531 g/mol. The number of carbonyl (C=O) groups is 1. The molecule has 2 aliphatic rings. The van der Waals surface area contributed by atoms with Gasteiger partial charge in [0.25, 0.3) is 5.69 Å². The minimum absolute atomic E-state index is 0.0204. The zero-order chi connectivity index (χ0) is 24.9. The van der Waals surface area contributed by atoms with Crippen LogP contribution in [0, 0.1) is 16.0 Å². The summed E-state index contributed by atoms with van der Waals surface area (Å²) in [6, 6.07) is 16.8. The van der Waals surface area contributed by atoms with Crippen LogP contribution in [0.1, 0.15) is 39.9 Å². The van der Waals surface area contributed by atoms with Crippen LogP contribution >= 0.6 is 46.6 Å². The van der Waals surface area contributed by atoms with Crippen LogP contribution in [0.2, 0.25) is 10.0 Å². The van der Waals surface area contributed by atoms with E-state index < -0.39 is 5.97 Å². The first-order valence-electron chi connectivity index (χ1n) is 10.9. The highest BCUT2D eigenvalue weighted by Gasteiger charge is 2.51. The molecule has 0 radical (unpaired) electrons. The number of anilines is 1. The number of thioether (sulfide) groups is 1. The molecule has 1 aliphatic carbocycles. The molecule has 35 heavy (non-hydrogen) atoms. The molecule has 2 N–H and O–H groups in total. The Balaban J connectivity index is 1.60. The van der Waals surface area contributed by atoms with Crippen LogP contribution in [0.15, 0.2) is 65.6 Å². The van der Waals surface area contributed by atoms with Crippen LogP contribution in [0.4, 0.5) is 11.4 Å². The molecule has 1 aliphatic heterocycles. The molecule has 3 aromatic carbocycles. The van der Waals surface area contributed by atoms with E-state index in [2.05, 4.69) is 5.32 Å². The molecule has 0 amide bonds. The number of rotatable bonds is 5.